The van der Waals surface area contributed by atoms with E-state index in [1.807, 2.05) is 0 Å². The predicted octanol–water partition coefficient (Wildman–Crippen LogP) is 0.450. The number of rotatable bonds is 9. The van der Waals surface area contributed by atoms with Crippen molar-refractivity contribution < 1.29 is 14.2 Å². The maximum absolute atomic E-state index is 5.91. The molecule has 0 aliphatic heterocycles. The monoisotopic (exact) mass is 211 g/mol. The van der Waals surface area contributed by atoms with Gasteiger partial charge in [0.2, 0.25) is 0 Å². The molecule has 5 heteroatoms. The molecule has 0 aromatic heterocycles. The molecule has 0 saturated heterocycles. The van der Waals surface area contributed by atoms with Gasteiger partial charge in [-0.1, -0.05) is 0 Å². The Kier molecular flexibility index (Phi) is 10.3. The van der Waals surface area contributed by atoms with Crippen LogP contribution in [0.5, 0.6) is 0 Å². The van der Waals surface area contributed by atoms with Gasteiger partial charge in [0.15, 0.2) is 0 Å². The van der Waals surface area contributed by atoms with Gasteiger partial charge in [0, 0.05) is 20.8 Å². The highest BCUT2D eigenvalue weighted by Crippen LogP contribution is 1.94. The van der Waals surface area contributed by atoms with E-state index >= 15 is 0 Å². The molecule has 0 amide bonds. The molecule has 0 fully saturated rings. The van der Waals surface area contributed by atoms with E-state index in [-0.39, 0.29) is 5.38 Å². The Balaban J connectivity index is 3.05. The highest BCUT2D eigenvalue weighted by molar-refractivity contribution is 6.20. The van der Waals surface area contributed by atoms with Crippen LogP contribution in [0, 0.1) is 0 Å². The summed E-state index contributed by atoms with van der Waals surface area (Å²) in [6, 6.07) is 0. The lowest BCUT2D eigenvalue weighted by Gasteiger charge is -2.10. The molecule has 0 spiro atoms. The van der Waals surface area contributed by atoms with Gasteiger partial charge in [-0.25, -0.2) is 0 Å². The molecule has 1 N–H and O–H groups in total. The van der Waals surface area contributed by atoms with Gasteiger partial charge in [0.1, 0.15) is 0 Å². The van der Waals surface area contributed by atoms with Crippen LogP contribution in [0.1, 0.15) is 0 Å². The van der Waals surface area contributed by atoms with Crippen molar-refractivity contribution in [2.45, 2.75) is 5.38 Å². The largest absolute Gasteiger partial charge is 0.382 e. The summed E-state index contributed by atoms with van der Waals surface area (Å²) in [5.74, 6) is 0. The van der Waals surface area contributed by atoms with Crippen LogP contribution in [0.4, 0.5) is 0 Å². The Morgan fingerprint density at radius 3 is 2.62 bits per heavy atom. The third kappa shape index (κ3) is 10.0. The lowest BCUT2D eigenvalue weighted by molar-refractivity contribution is 0.0695. The summed E-state index contributed by atoms with van der Waals surface area (Å²) < 4.78 is 14.9. The van der Waals surface area contributed by atoms with Crippen LogP contribution in [0.15, 0.2) is 0 Å². The molecule has 0 aliphatic carbocycles. The molecule has 4 nitrogen and oxygen atoms in total. The molecule has 0 aromatic carbocycles. The lowest BCUT2D eigenvalue weighted by Crippen LogP contribution is -2.28. The van der Waals surface area contributed by atoms with E-state index in [2.05, 4.69) is 5.32 Å². The average molecular weight is 212 g/mol. The summed E-state index contributed by atoms with van der Waals surface area (Å²) in [5.41, 5.74) is 0. The van der Waals surface area contributed by atoms with Crippen molar-refractivity contribution in [2.75, 3.05) is 47.3 Å². The Labute approximate surface area is 84.5 Å². The smallest absolute Gasteiger partial charge is 0.0961 e. The van der Waals surface area contributed by atoms with Crippen LogP contribution in [-0.2, 0) is 14.2 Å². The summed E-state index contributed by atoms with van der Waals surface area (Å²) in [6.07, 6.45) is 0. The standard InChI is InChI=1S/C8H18ClNO3/c1-11-3-4-13-6-8(9)5-10-7-12-2/h8,10H,3-7H2,1-2H3/t8-/m1/s1. The third-order valence-electron chi connectivity index (χ3n) is 1.34. The molecule has 13 heavy (non-hydrogen) atoms. The van der Waals surface area contributed by atoms with Crippen LogP contribution in [0.2, 0.25) is 0 Å². The van der Waals surface area contributed by atoms with Crippen LogP contribution in [0.3, 0.4) is 0 Å². The van der Waals surface area contributed by atoms with E-state index in [0.717, 1.165) is 0 Å². The number of hydrogen-bond donors (Lipinski definition) is 1. The molecule has 0 rings (SSSR count). The zero-order chi connectivity index (χ0) is 9.94. The molecule has 0 saturated carbocycles. The normalized spacial score (nSPS) is 13.2. The minimum atomic E-state index is -0.0213. The number of alkyl halides is 1. The fraction of sp³-hybridized carbons (Fsp3) is 1.00. The number of nitrogens with one attached hydrogen (secondary N) is 1. The highest BCUT2D eigenvalue weighted by atomic mass is 35.5. The van der Waals surface area contributed by atoms with Gasteiger partial charge in [0.05, 0.1) is 31.9 Å². The molecule has 0 unspecified atom stereocenters. The molecule has 1 atom stereocenters. The molecular formula is C8H18ClNO3. The van der Waals surface area contributed by atoms with E-state index in [1.165, 1.54) is 0 Å². The van der Waals surface area contributed by atoms with Gasteiger partial charge in [-0.05, 0) is 0 Å². The van der Waals surface area contributed by atoms with Crippen molar-refractivity contribution in [1.29, 1.82) is 0 Å². The van der Waals surface area contributed by atoms with Gasteiger partial charge in [-0.3, -0.25) is 5.32 Å². The van der Waals surface area contributed by atoms with Crippen LogP contribution in [0.25, 0.3) is 0 Å². The minimum Gasteiger partial charge on any atom is -0.382 e. The summed E-state index contributed by atoms with van der Waals surface area (Å²) in [4.78, 5) is 0. The molecule has 0 radical (unpaired) electrons. The maximum atomic E-state index is 5.91. The van der Waals surface area contributed by atoms with E-state index in [9.17, 15) is 0 Å². The van der Waals surface area contributed by atoms with Crippen molar-refractivity contribution in [2.24, 2.45) is 0 Å². The second kappa shape index (κ2) is 10.2. The number of halogens is 1. The van der Waals surface area contributed by atoms with Crippen molar-refractivity contribution >= 4 is 11.6 Å². The SMILES string of the molecule is COCCOC[C@H](Cl)CNCOC. The van der Waals surface area contributed by atoms with Crippen molar-refractivity contribution in [3.8, 4) is 0 Å². The Hall–Kier alpha value is 0.130. The lowest BCUT2D eigenvalue weighted by atomic mass is 10.4. The van der Waals surface area contributed by atoms with E-state index in [1.54, 1.807) is 14.2 Å². The van der Waals surface area contributed by atoms with Crippen molar-refractivity contribution in [3.05, 3.63) is 0 Å². The summed E-state index contributed by atoms with van der Waals surface area (Å²) in [7, 11) is 3.27. The molecule has 0 aromatic rings. The first kappa shape index (κ1) is 13.1. The van der Waals surface area contributed by atoms with Gasteiger partial charge in [0.25, 0.3) is 0 Å². The van der Waals surface area contributed by atoms with E-state index in [4.69, 9.17) is 25.8 Å². The summed E-state index contributed by atoms with van der Waals surface area (Å²) >= 11 is 5.91. The summed E-state index contributed by atoms with van der Waals surface area (Å²) in [5, 5.41) is 2.99. The molecule has 0 bridgehead atoms. The van der Waals surface area contributed by atoms with Crippen LogP contribution < -0.4 is 5.32 Å². The fourth-order valence-electron chi connectivity index (χ4n) is 0.730. The van der Waals surface area contributed by atoms with Crippen molar-refractivity contribution in [3.63, 3.8) is 0 Å². The first-order valence-electron chi connectivity index (χ1n) is 4.21. The Morgan fingerprint density at radius 2 is 2.00 bits per heavy atom. The van der Waals surface area contributed by atoms with E-state index < -0.39 is 0 Å². The van der Waals surface area contributed by atoms with E-state index in [0.29, 0.717) is 33.1 Å². The van der Waals surface area contributed by atoms with Gasteiger partial charge in [-0.15, -0.1) is 11.6 Å². The van der Waals surface area contributed by atoms with Gasteiger partial charge < -0.3 is 14.2 Å². The van der Waals surface area contributed by atoms with Gasteiger partial charge in [-0.2, -0.15) is 0 Å². The third-order valence-corrected chi connectivity index (χ3v) is 1.62. The predicted molar refractivity (Wildman–Crippen MR) is 52.2 cm³/mol. The highest BCUT2D eigenvalue weighted by Gasteiger charge is 2.02. The topological polar surface area (TPSA) is 39.7 Å². The minimum absolute atomic E-state index is 0.0213. The molecule has 0 aliphatic rings. The molecule has 0 heterocycles. The first-order valence-corrected chi connectivity index (χ1v) is 4.65. The van der Waals surface area contributed by atoms with Crippen molar-refractivity contribution in [1.82, 2.24) is 5.32 Å². The van der Waals surface area contributed by atoms with Gasteiger partial charge >= 0.3 is 0 Å². The Bertz CT molecular complexity index is 105. The maximum Gasteiger partial charge on any atom is 0.0961 e. The summed E-state index contributed by atoms with van der Waals surface area (Å²) in [6.45, 7) is 2.92. The fourth-order valence-corrected chi connectivity index (χ4v) is 0.928. The first-order chi connectivity index (χ1) is 6.31. The number of ether oxygens (including phenoxy) is 3. The second-order valence-electron chi connectivity index (χ2n) is 2.55. The molecular weight excluding hydrogens is 194 g/mol. The van der Waals surface area contributed by atoms with Crippen LogP contribution in [-0.4, -0.2) is 52.7 Å². The average Bonchev–Trinajstić information content (AvgIpc) is 2.13. The van der Waals surface area contributed by atoms with Crippen LogP contribution >= 0.6 is 11.6 Å². The second-order valence-corrected chi connectivity index (χ2v) is 3.17. The Morgan fingerprint density at radius 1 is 1.23 bits per heavy atom. The zero-order valence-corrected chi connectivity index (χ0v) is 8.97. The zero-order valence-electron chi connectivity index (χ0n) is 8.22. The number of hydrogen-bond acceptors (Lipinski definition) is 4. The number of methoxy groups -OCH3 is 2. The quantitative estimate of drug-likeness (QED) is 0.342. The molecule has 80 valence electrons.